The van der Waals surface area contributed by atoms with Crippen LogP contribution in [0, 0.1) is 0 Å². The second-order valence-electron chi connectivity index (χ2n) is 4.22. The quantitative estimate of drug-likeness (QED) is 0.877. The maximum atomic E-state index is 12.8. The van der Waals surface area contributed by atoms with Crippen molar-refractivity contribution in [3.8, 4) is 5.95 Å². The van der Waals surface area contributed by atoms with Gasteiger partial charge in [-0.25, -0.2) is 0 Å². The third kappa shape index (κ3) is 2.05. The first-order chi connectivity index (χ1) is 8.97. The zero-order valence-electron chi connectivity index (χ0n) is 9.57. The molecule has 102 valence electrons. The SMILES string of the molecule is Oc1onc(N2CCc3sccc3C2)c1C(F)(F)F. The maximum absolute atomic E-state index is 12.8. The van der Waals surface area contributed by atoms with Gasteiger partial charge in [-0.2, -0.15) is 13.2 Å². The molecule has 3 rings (SSSR count). The molecule has 2 aromatic heterocycles. The van der Waals surface area contributed by atoms with Crippen LogP contribution in [0.5, 0.6) is 5.95 Å². The molecule has 0 fully saturated rings. The molecule has 0 amide bonds. The van der Waals surface area contributed by atoms with Gasteiger partial charge in [0.25, 0.3) is 0 Å². The number of hydrogen-bond donors (Lipinski definition) is 1. The monoisotopic (exact) mass is 290 g/mol. The number of fused-ring (bicyclic) bond motifs is 1. The molecule has 0 radical (unpaired) electrons. The minimum atomic E-state index is -4.69. The molecule has 1 aliphatic rings. The van der Waals surface area contributed by atoms with Gasteiger partial charge in [0, 0.05) is 18.0 Å². The van der Waals surface area contributed by atoms with E-state index in [0.717, 1.165) is 5.56 Å². The molecule has 1 N–H and O–H groups in total. The van der Waals surface area contributed by atoms with Gasteiger partial charge in [0.1, 0.15) is 0 Å². The molecule has 1 aliphatic heterocycles. The number of anilines is 1. The second kappa shape index (κ2) is 4.16. The van der Waals surface area contributed by atoms with Crippen LogP contribution < -0.4 is 4.90 Å². The fourth-order valence-electron chi connectivity index (χ4n) is 2.17. The Balaban J connectivity index is 1.97. The molecule has 0 aromatic carbocycles. The highest BCUT2D eigenvalue weighted by atomic mass is 32.1. The molecule has 3 heterocycles. The summed E-state index contributed by atoms with van der Waals surface area (Å²) < 4.78 is 42.8. The normalized spacial score (nSPS) is 15.6. The number of halogens is 3. The Kier molecular flexibility index (Phi) is 2.70. The van der Waals surface area contributed by atoms with Gasteiger partial charge in [-0.3, -0.25) is 0 Å². The van der Waals surface area contributed by atoms with Crippen molar-refractivity contribution in [1.82, 2.24) is 5.16 Å². The summed E-state index contributed by atoms with van der Waals surface area (Å²) in [4.78, 5) is 2.65. The largest absolute Gasteiger partial charge is 0.479 e. The van der Waals surface area contributed by atoms with Gasteiger partial charge in [0.15, 0.2) is 11.4 Å². The number of aromatic hydroxyl groups is 1. The van der Waals surface area contributed by atoms with Crippen LogP contribution in [-0.2, 0) is 19.1 Å². The van der Waals surface area contributed by atoms with E-state index < -0.39 is 17.7 Å². The van der Waals surface area contributed by atoms with E-state index >= 15 is 0 Å². The van der Waals surface area contributed by atoms with Crippen LogP contribution in [0.15, 0.2) is 16.0 Å². The van der Waals surface area contributed by atoms with Gasteiger partial charge < -0.3 is 14.5 Å². The Hall–Kier alpha value is -1.70. The highest BCUT2D eigenvalue weighted by Crippen LogP contribution is 2.43. The maximum Gasteiger partial charge on any atom is 0.427 e. The summed E-state index contributed by atoms with van der Waals surface area (Å²) >= 11 is 1.60. The third-order valence-corrected chi connectivity index (χ3v) is 4.07. The van der Waals surface area contributed by atoms with Crippen molar-refractivity contribution in [2.75, 3.05) is 11.4 Å². The minimum Gasteiger partial charge on any atom is -0.479 e. The Bertz CT molecular complexity index is 605. The second-order valence-corrected chi connectivity index (χ2v) is 5.23. The molecule has 0 spiro atoms. The molecule has 0 unspecified atom stereocenters. The molecular formula is C11H9F3N2O2S. The lowest BCUT2D eigenvalue weighted by molar-refractivity contribution is -0.139. The van der Waals surface area contributed by atoms with E-state index in [1.807, 2.05) is 11.4 Å². The van der Waals surface area contributed by atoms with Crippen LogP contribution >= 0.6 is 11.3 Å². The van der Waals surface area contributed by atoms with E-state index in [1.54, 1.807) is 11.3 Å². The molecule has 0 saturated heterocycles. The van der Waals surface area contributed by atoms with Crippen LogP contribution in [0.3, 0.4) is 0 Å². The molecule has 2 aromatic rings. The lowest BCUT2D eigenvalue weighted by atomic mass is 10.1. The molecule has 0 bridgehead atoms. The van der Waals surface area contributed by atoms with Crippen LogP contribution in [0.1, 0.15) is 16.0 Å². The highest BCUT2D eigenvalue weighted by molar-refractivity contribution is 7.10. The lowest BCUT2D eigenvalue weighted by Gasteiger charge is -2.27. The van der Waals surface area contributed by atoms with Gasteiger partial charge in [0.2, 0.25) is 0 Å². The summed E-state index contributed by atoms with van der Waals surface area (Å²) in [5.41, 5.74) is -0.210. The third-order valence-electron chi connectivity index (χ3n) is 3.05. The van der Waals surface area contributed by atoms with Crippen LogP contribution in [-0.4, -0.2) is 16.8 Å². The smallest absolute Gasteiger partial charge is 0.427 e. The predicted octanol–water partition coefficient (Wildman–Crippen LogP) is 3.02. The molecule has 4 nitrogen and oxygen atoms in total. The Labute approximate surface area is 110 Å². The molecule has 19 heavy (non-hydrogen) atoms. The topological polar surface area (TPSA) is 49.5 Å². The first-order valence-electron chi connectivity index (χ1n) is 5.53. The molecule has 8 heteroatoms. The van der Waals surface area contributed by atoms with Crippen LogP contribution in [0.25, 0.3) is 0 Å². The number of hydrogen-bond acceptors (Lipinski definition) is 5. The van der Waals surface area contributed by atoms with E-state index in [-0.39, 0.29) is 5.82 Å². The average Bonchev–Trinajstić information content (AvgIpc) is 2.92. The minimum absolute atomic E-state index is 0.341. The van der Waals surface area contributed by atoms with E-state index in [4.69, 9.17) is 0 Å². The van der Waals surface area contributed by atoms with Gasteiger partial charge in [-0.15, -0.1) is 11.3 Å². The summed E-state index contributed by atoms with van der Waals surface area (Å²) in [6.45, 7) is 0.760. The molecule has 0 atom stereocenters. The summed E-state index contributed by atoms with van der Waals surface area (Å²) in [6, 6.07) is 1.89. The van der Waals surface area contributed by atoms with E-state index in [9.17, 15) is 18.3 Å². The fraction of sp³-hybridized carbons (Fsp3) is 0.364. The highest BCUT2D eigenvalue weighted by Gasteiger charge is 2.43. The Morgan fingerprint density at radius 1 is 1.42 bits per heavy atom. The summed E-state index contributed by atoms with van der Waals surface area (Å²) in [5.74, 6) is -1.53. The van der Waals surface area contributed by atoms with Gasteiger partial charge >= 0.3 is 12.1 Å². The molecule has 0 saturated carbocycles. The fourth-order valence-corrected chi connectivity index (χ4v) is 3.06. The van der Waals surface area contributed by atoms with E-state index in [0.29, 0.717) is 19.5 Å². The Morgan fingerprint density at radius 3 is 2.95 bits per heavy atom. The van der Waals surface area contributed by atoms with Crippen molar-refractivity contribution in [3.63, 3.8) is 0 Å². The predicted molar refractivity (Wildman–Crippen MR) is 62.2 cm³/mol. The standard InChI is InChI=1S/C11H9F3N2O2S/c12-11(13,14)8-9(15-18-10(8)17)16-3-1-7-6(5-16)2-4-19-7/h2,4,17H,1,3,5H2. The average molecular weight is 290 g/mol. The number of nitrogens with zero attached hydrogens (tertiary/aromatic N) is 2. The summed E-state index contributed by atoms with van der Waals surface area (Å²) in [7, 11) is 0. The van der Waals surface area contributed by atoms with Crippen molar-refractivity contribution >= 4 is 17.2 Å². The van der Waals surface area contributed by atoms with Gasteiger partial charge in [-0.1, -0.05) is 5.16 Å². The Morgan fingerprint density at radius 2 is 2.21 bits per heavy atom. The van der Waals surface area contributed by atoms with E-state index in [1.165, 1.54) is 9.78 Å². The van der Waals surface area contributed by atoms with Crippen LogP contribution in [0.2, 0.25) is 0 Å². The zero-order valence-corrected chi connectivity index (χ0v) is 10.4. The molecular weight excluding hydrogens is 281 g/mol. The number of aromatic nitrogens is 1. The lowest BCUT2D eigenvalue weighted by Crippen LogP contribution is -2.31. The first-order valence-corrected chi connectivity index (χ1v) is 6.41. The van der Waals surface area contributed by atoms with Crippen molar-refractivity contribution < 1.29 is 22.8 Å². The van der Waals surface area contributed by atoms with Crippen molar-refractivity contribution in [2.24, 2.45) is 0 Å². The number of rotatable bonds is 1. The van der Waals surface area contributed by atoms with Crippen molar-refractivity contribution in [1.29, 1.82) is 0 Å². The van der Waals surface area contributed by atoms with Gasteiger partial charge in [-0.05, 0) is 23.4 Å². The first kappa shape index (κ1) is 12.3. The van der Waals surface area contributed by atoms with Crippen molar-refractivity contribution in [2.45, 2.75) is 19.1 Å². The summed E-state index contributed by atoms with van der Waals surface area (Å²) in [5, 5.41) is 14.4. The number of alkyl halides is 3. The van der Waals surface area contributed by atoms with Crippen molar-refractivity contribution in [3.05, 3.63) is 27.5 Å². The number of thiophene rings is 1. The van der Waals surface area contributed by atoms with Crippen LogP contribution in [0.4, 0.5) is 19.0 Å². The summed E-state index contributed by atoms with van der Waals surface area (Å²) in [6.07, 6.45) is -4.02. The van der Waals surface area contributed by atoms with E-state index in [2.05, 4.69) is 9.68 Å². The van der Waals surface area contributed by atoms with Gasteiger partial charge in [0.05, 0.1) is 0 Å². The molecule has 0 aliphatic carbocycles. The zero-order chi connectivity index (χ0) is 13.6.